The number of carbonyl (C=O) groups excluding carboxylic acids is 1. The van der Waals surface area contributed by atoms with Crippen LogP contribution in [0, 0.1) is 5.92 Å². The van der Waals surface area contributed by atoms with Crippen LogP contribution in [0.2, 0.25) is 0 Å². The van der Waals surface area contributed by atoms with E-state index < -0.39 is 17.2 Å². The van der Waals surface area contributed by atoms with Crippen molar-refractivity contribution in [3.63, 3.8) is 0 Å². The van der Waals surface area contributed by atoms with E-state index in [-0.39, 0.29) is 17.5 Å². The summed E-state index contributed by atoms with van der Waals surface area (Å²) in [5.41, 5.74) is 4.44. The molecule has 0 aromatic carbocycles. The van der Waals surface area contributed by atoms with Crippen molar-refractivity contribution in [3.8, 4) is 0 Å². The van der Waals surface area contributed by atoms with Crippen molar-refractivity contribution in [1.82, 2.24) is 14.9 Å². The molecule has 2 rings (SSSR count). The average molecular weight is 238 g/mol. The Bertz CT molecular complexity index is 537. The highest BCUT2D eigenvalue weighted by Gasteiger charge is 2.31. The van der Waals surface area contributed by atoms with Crippen molar-refractivity contribution in [2.45, 2.75) is 13.0 Å². The predicted molar refractivity (Wildman–Crippen MR) is 60.7 cm³/mol. The van der Waals surface area contributed by atoms with E-state index in [1.54, 1.807) is 0 Å². The van der Waals surface area contributed by atoms with Gasteiger partial charge in [0.05, 0.1) is 0 Å². The van der Waals surface area contributed by atoms with Crippen LogP contribution in [0.1, 0.15) is 17.3 Å². The monoisotopic (exact) mass is 238 g/mol. The maximum atomic E-state index is 12.0. The Morgan fingerprint density at radius 1 is 1.47 bits per heavy atom. The number of aromatic amines is 2. The molecule has 7 heteroatoms. The van der Waals surface area contributed by atoms with E-state index in [1.807, 2.05) is 11.9 Å². The highest BCUT2D eigenvalue weighted by molar-refractivity contribution is 5.93. The molecular formula is C10H14N4O3. The Labute approximate surface area is 96.6 Å². The van der Waals surface area contributed by atoms with E-state index in [9.17, 15) is 14.4 Å². The number of nitrogens with two attached hydrogens (primary N) is 1. The summed E-state index contributed by atoms with van der Waals surface area (Å²) in [6.07, 6.45) is 1.14. The third kappa shape index (κ3) is 2.14. The number of likely N-dealkylation sites (tertiary alicyclic amines) is 1. The lowest BCUT2D eigenvalue weighted by atomic mass is 10.1. The van der Waals surface area contributed by atoms with Gasteiger partial charge in [-0.25, -0.2) is 4.79 Å². The molecule has 92 valence electrons. The lowest BCUT2D eigenvalue weighted by molar-refractivity contribution is 0.0784. The zero-order chi connectivity index (χ0) is 12.6. The standard InChI is InChI=1S/C10H14N4O3/c1-5-3-14(4-7(5)11)9(16)6-2-12-10(17)13-8(6)15/h2,5,7H,3-4,11H2,1H3,(H2,12,13,15,17). The zero-order valence-corrected chi connectivity index (χ0v) is 9.40. The molecule has 0 radical (unpaired) electrons. The topological polar surface area (TPSA) is 112 Å². The van der Waals surface area contributed by atoms with Crippen molar-refractivity contribution < 1.29 is 4.79 Å². The Balaban J connectivity index is 2.27. The number of hydrogen-bond acceptors (Lipinski definition) is 4. The number of carbonyl (C=O) groups is 1. The van der Waals surface area contributed by atoms with Crippen LogP contribution in [-0.4, -0.2) is 39.9 Å². The quantitative estimate of drug-likeness (QED) is 0.551. The van der Waals surface area contributed by atoms with Gasteiger partial charge < -0.3 is 15.6 Å². The lowest BCUT2D eigenvalue weighted by Crippen LogP contribution is -2.37. The molecule has 2 unspecified atom stereocenters. The van der Waals surface area contributed by atoms with Crippen molar-refractivity contribution in [1.29, 1.82) is 0 Å². The fraction of sp³-hybridized carbons (Fsp3) is 0.500. The molecule has 1 amide bonds. The predicted octanol–water partition coefficient (Wildman–Crippen LogP) is -1.52. The van der Waals surface area contributed by atoms with E-state index in [2.05, 4.69) is 4.98 Å². The number of hydrogen-bond donors (Lipinski definition) is 3. The summed E-state index contributed by atoms with van der Waals surface area (Å²) in [6, 6.07) is -0.0687. The van der Waals surface area contributed by atoms with Crippen LogP contribution in [0.5, 0.6) is 0 Å². The summed E-state index contributed by atoms with van der Waals surface area (Å²) < 4.78 is 0. The Morgan fingerprint density at radius 2 is 2.18 bits per heavy atom. The number of H-pyrrole nitrogens is 2. The molecule has 4 N–H and O–H groups in total. The van der Waals surface area contributed by atoms with E-state index in [4.69, 9.17) is 5.73 Å². The second-order valence-electron chi connectivity index (χ2n) is 4.34. The van der Waals surface area contributed by atoms with Gasteiger partial charge in [0.2, 0.25) is 0 Å². The number of nitrogens with zero attached hydrogens (tertiary/aromatic N) is 1. The van der Waals surface area contributed by atoms with Crippen molar-refractivity contribution in [2.24, 2.45) is 11.7 Å². The van der Waals surface area contributed by atoms with E-state index >= 15 is 0 Å². The molecule has 1 aromatic heterocycles. The Morgan fingerprint density at radius 3 is 2.71 bits per heavy atom. The van der Waals surface area contributed by atoms with Gasteiger partial charge in [0, 0.05) is 25.3 Å². The van der Waals surface area contributed by atoms with E-state index in [1.165, 1.54) is 4.90 Å². The summed E-state index contributed by atoms with van der Waals surface area (Å²) in [5.74, 6) is -0.192. The Hall–Kier alpha value is -1.89. The summed E-state index contributed by atoms with van der Waals surface area (Å²) in [5, 5.41) is 0. The molecule has 2 heterocycles. The molecule has 1 aromatic rings. The molecule has 7 nitrogen and oxygen atoms in total. The third-order valence-corrected chi connectivity index (χ3v) is 3.01. The first-order valence-electron chi connectivity index (χ1n) is 5.36. The highest BCUT2D eigenvalue weighted by Crippen LogP contribution is 2.15. The van der Waals surface area contributed by atoms with Crippen LogP contribution in [-0.2, 0) is 0 Å². The van der Waals surface area contributed by atoms with Gasteiger partial charge in [0.25, 0.3) is 11.5 Å². The highest BCUT2D eigenvalue weighted by atomic mass is 16.2. The van der Waals surface area contributed by atoms with Crippen LogP contribution < -0.4 is 17.0 Å². The van der Waals surface area contributed by atoms with Crippen molar-refractivity contribution >= 4 is 5.91 Å². The molecule has 0 aliphatic carbocycles. The minimum absolute atomic E-state index is 0.0640. The van der Waals surface area contributed by atoms with Gasteiger partial charge in [-0.2, -0.15) is 0 Å². The molecular weight excluding hydrogens is 224 g/mol. The first-order chi connectivity index (χ1) is 7.99. The molecule has 0 bridgehead atoms. The number of amides is 1. The van der Waals surface area contributed by atoms with E-state index in [0.29, 0.717) is 13.1 Å². The average Bonchev–Trinajstić information content (AvgIpc) is 2.58. The third-order valence-electron chi connectivity index (χ3n) is 3.01. The number of nitrogens with one attached hydrogen (secondary N) is 2. The van der Waals surface area contributed by atoms with Gasteiger partial charge in [-0.3, -0.25) is 14.6 Å². The molecule has 1 saturated heterocycles. The molecule has 2 atom stereocenters. The van der Waals surface area contributed by atoms with Crippen LogP contribution in [0.25, 0.3) is 0 Å². The molecule has 1 aliphatic rings. The fourth-order valence-electron chi connectivity index (χ4n) is 1.90. The van der Waals surface area contributed by atoms with Gasteiger partial charge in [0.1, 0.15) is 5.56 Å². The van der Waals surface area contributed by atoms with Crippen LogP contribution in [0.4, 0.5) is 0 Å². The van der Waals surface area contributed by atoms with Crippen LogP contribution >= 0.6 is 0 Å². The molecule has 0 saturated carbocycles. The minimum Gasteiger partial charge on any atom is -0.337 e. The van der Waals surface area contributed by atoms with Crippen molar-refractivity contribution in [2.75, 3.05) is 13.1 Å². The normalized spacial score (nSPS) is 24.0. The number of rotatable bonds is 1. The second-order valence-corrected chi connectivity index (χ2v) is 4.34. The van der Waals surface area contributed by atoms with Crippen molar-refractivity contribution in [3.05, 3.63) is 32.6 Å². The largest absolute Gasteiger partial charge is 0.337 e. The molecule has 1 fully saturated rings. The zero-order valence-electron chi connectivity index (χ0n) is 9.40. The van der Waals surface area contributed by atoms with Gasteiger partial charge in [-0.1, -0.05) is 6.92 Å². The van der Waals surface area contributed by atoms with Gasteiger partial charge in [-0.15, -0.1) is 0 Å². The summed E-state index contributed by atoms with van der Waals surface area (Å²) in [7, 11) is 0. The summed E-state index contributed by atoms with van der Waals surface area (Å²) >= 11 is 0. The fourth-order valence-corrected chi connectivity index (χ4v) is 1.90. The maximum Gasteiger partial charge on any atom is 0.325 e. The van der Waals surface area contributed by atoms with Crippen LogP contribution in [0.15, 0.2) is 15.8 Å². The summed E-state index contributed by atoms with van der Waals surface area (Å²) in [6.45, 7) is 2.91. The van der Waals surface area contributed by atoms with Gasteiger partial charge >= 0.3 is 5.69 Å². The first-order valence-corrected chi connectivity index (χ1v) is 5.36. The SMILES string of the molecule is CC1CN(C(=O)c2c[nH]c(=O)[nH]c2=O)CC1N. The first kappa shape index (κ1) is 11.6. The number of aromatic nitrogens is 2. The maximum absolute atomic E-state index is 12.0. The Kier molecular flexibility index (Phi) is 2.84. The minimum atomic E-state index is -0.674. The van der Waals surface area contributed by atoms with Gasteiger partial charge in [0.15, 0.2) is 0 Å². The van der Waals surface area contributed by atoms with Gasteiger partial charge in [-0.05, 0) is 5.92 Å². The molecule has 0 spiro atoms. The second kappa shape index (κ2) is 4.17. The van der Waals surface area contributed by atoms with Crippen LogP contribution in [0.3, 0.4) is 0 Å². The molecule has 17 heavy (non-hydrogen) atoms. The molecule has 1 aliphatic heterocycles. The smallest absolute Gasteiger partial charge is 0.325 e. The lowest BCUT2D eigenvalue weighted by Gasteiger charge is -2.14. The van der Waals surface area contributed by atoms with E-state index in [0.717, 1.165) is 6.20 Å². The summed E-state index contributed by atoms with van der Waals surface area (Å²) in [4.78, 5) is 40.1.